The van der Waals surface area contributed by atoms with Crippen molar-refractivity contribution in [1.29, 1.82) is 0 Å². The van der Waals surface area contributed by atoms with Crippen LogP contribution in [0.15, 0.2) is 12.3 Å². The van der Waals surface area contributed by atoms with Gasteiger partial charge in [0.25, 0.3) is 0 Å². The number of carboxylic acid groups (broad SMARTS) is 1. The third kappa shape index (κ3) is 3.58. The Morgan fingerprint density at radius 2 is 2.33 bits per heavy atom. The van der Waals surface area contributed by atoms with Crippen LogP contribution in [0.5, 0.6) is 0 Å². The van der Waals surface area contributed by atoms with Gasteiger partial charge in [0.15, 0.2) is 0 Å². The minimum Gasteiger partial charge on any atom is -0.481 e. The molecule has 0 bridgehead atoms. The molecule has 1 atom stereocenters. The van der Waals surface area contributed by atoms with Crippen LogP contribution in [-0.2, 0) is 4.79 Å². The third-order valence-corrected chi connectivity index (χ3v) is 1.11. The number of carboxylic acids is 1. The second-order valence-corrected chi connectivity index (χ2v) is 2.07. The summed E-state index contributed by atoms with van der Waals surface area (Å²) in [5.41, 5.74) is 5.65. The fourth-order valence-electron chi connectivity index (χ4n) is 0.393. The minimum atomic E-state index is -0.839. The van der Waals surface area contributed by atoms with E-state index in [9.17, 15) is 4.79 Å². The van der Waals surface area contributed by atoms with Crippen molar-refractivity contribution in [2.75, 3.05) is 0 Å². The first-order chi connectivity index (χ1) is 4.04. The lowest BCUT2D eigenvalue weighted by Gasteiger charge is -2.05. The molecule has 0 aromatic rings. The van der Waals surface area contributed by atoms with E-state index in [0.29, 0.717) is 5.70 Å². The lowest BCUT2D eigenvalue weighted by Crippen LogP contribution is -2.11. The minimum absolute atomic E-state index is 0.0648. The van der Waals surface area contributed by atoms with Gasteiger partial charge in [-0.2, -0.15) is 0 Å². The standard InChI is InChI=1S/C6H11NO2/c1-4(5(2)7)3-6(8)9/h4H,2-3,7H2,1H3,(H,8,9). The van der Waals surface area contributed by atoms with Crippen molar-refractivity contribution in [2.24, 2.45) is 11.7 Å². The first-order valence-corrected chi connectivity index (χ1v) is 2.70. The van der Waals surface area contributed by atoms with E-state index in [1.807, 2.05) is 0 Å². The predicted octanol–water partition coefficient (Wildman–Crippen LogP) is 0.570. The summed E-state index contributed by atoms with van der Waals surface area (Å²) in [6.45, 7) is 5.16. The smallest absolute Gasteiger partial charge is 0.304 e. The van der Waals surface area contributed by atoms with E-state index in [-0.39, 0.29) is 12.3 Å². The van der Waals surface area contributed by atoms with Gasteiger partial charge in [0.2, 0.25) is 0 Å². The van der Waals surface area contributed by atoms with E-state index in [0.717, 1.165) is 0 Å². The zero-order valence-corrected chi connectivity index (χ0v) is 5.42. The van der Waals surface area contributed by atoms with E-state index in [1.165, 1.54) is 0 Å². The molecule has 52 valence electrons. The molecule has 0 saturated carbocycles. The van der Waals surface area contributed by atoms with Crippen LogP contribution in [-0.4, -0.2) is 11.1 Å². The molecule has 3 heteroatoms. The SMILES string of the molecule is C=C(N)C(C)CC(=O)O. The summed E-state index contributed by atoms with van der Waals surface area (Å²) in [7, 11) is 0. The van der Waals surface area contributed by atoms with E-state index in [2.05, 4.69) is 6.58 Å². The monoisotopic (exact) mass is 129 g/mol. The van der Waals surface area contributed by atoms with Crippen LogP contribution in [0.25, 0.3) is 0 Å². The maximum Gasteiger partial charge on any atom is 0.304 e. The number of carbonyl (C=O) groups is 1. The topological polar surface area (TPSA) is 63.3 Å². The average molecular weight is 129 g/mol. The lowest BCUT2D eigenvalue weighted by atomic mass is 10.1. The van der Waals surface area contributed by atoms with Gasteiger partial charge in [0.1, 0.15) is 0 Å². The number of allylic oxidation sites excluding steroid dienone is 1. The van der Waals surface area contributed by atoms with Crippen molar-refractivity contribution in [3.05, 3.63) is 12.3 Å². The van der Waals surface area contributed by atoms with Gasteiger partial charge in [-0.25, -0.2) is 0 Å². The molecule has 1 unspecified atom stereocenters. The number of rotatable bonds is 3. The van der Waals surface area contributed by atoms with E-state index < -0.39 is 5.97 Å². The first-order valence-electron chi connectivity index (χ1n) is 2.70. The summed E-state index contributed by atoms with van der Waals surface area (Å²) < 4.78 is 0. The second kappa shape index (κ2) is 3.12. The molecular weight excluding hydrogens is 118 g/mol. The maximum atomic E-state index is 10.0. The van der Waals surface area contributed by atoms with E-state index in [4.69, 9.17) is 10.8 Å². The molecule has 0 fully saturated rings. The summed E-state index contributed by atoms with van der Waals surface area (Å²) in [4.78, 5) is 10.0. The van der Waals surface area contributed by atoms with Gasteiger partial charge >= 0.3 is 5.97 Å². The van der Waals surface area contributed by atoms with Crippen LogP contribution in [0, 0.1) is 5.92 Å². The lowest BCUT2D eigenvalue weighted by molar-refractivity contribution is -0.137. The van der Waals surface area contributed by atoms with Gasteiger partial charge in [-0.1, -0.05) is 13.5 Å². The largest absolute Gasteiger partial charge is 0.481 e. The first kappa shape index (κ1) is 8.01. The number of hydrogen-bond donors (Lipinski definition) is 2. The summed E-state index contributed by atoms with van der Waals surface area (Å²) >= 11 is 0. The van der Waals surface area contributed by atoms with Gasteiger partial charge in [0.05, 0.1) is 6.42 Å². The summed E-state index contributed by atoms with van der Waals surface area (Å²) in [5.74, 6) is -0.961. The summed E-state index contributed by atoms with van der Waals surface area (Å²) in [6.07, 6.45) is 0.0648. The normalized spacial score (nSPS) is 12.6. The highest BCUT2D eigenvalue weighted by Crippen LogP contribution is 2.06. The molecule has 0 rings (SSSR count). The highest BCUT2D eigenvalue weighted by Gasteiger charge is 2.07. The number of aliphatic carboxylic acids is 1. The Bertz CT molecular complexity index is 131. The fourth-order valence-corrected chi connectivity index (χ4v) is 0.393. The maximum absolute atomic E-state index is 10.0. The van der Waals surface area contributed by atoms with E-state index in [1.54, 1.807) is 6.92 Å². The molecule has 3 N–H and O–H groups in total. The van der Waals surface area contributed by atoms with Gasteiger partial charge in [-0.3, -0.25) is 4.79 Å². The van der Waals surface area contributed by atoms with Gasteiger partial charge in [-0.05, 0) is 0 Å². The Balaban J connectivity index is 3.63. The molecule has 0 aliphatic heterocycles. The van der Waals surface area contributed by atoms with Crippen LogP contribution in [0.3, 0.4) is 0 Å². The van der Waals surface area contributed by atoms with Crippen molar-refractivity contribution in [1.82, 2.24) is 0 Å². The molecule has 0 aliphatic carbocycles. The van der Waals surface area contributed by atoms with Crippen molar-refractivity contribution < 1.29 is 9.90 Å². The molecule has 0 aromatic carbocycles. The molecule has 0 spiro atoms. The van der Waals surface area contributed by atoms with Gasteiger partial charge in [-0.15, -0.1) is 0 Å². The Morgan fingerprint density at radius 1 is 1.89 bits per heavy atom. The molecular formula is C6H11NO2. The Kier molecular flexibility index (Phi) is 2.78. The van der Waals surface area contributed by atoms with Crippen molar-refractivity contribution in [2.45, 2.75) is 13.3 Å². The Hall–Kier alpha value is -0.990. The predicted molar refractivity (Wildman–Crippen MR) is 34.7 cm³/mol. The molecule has 3 nitrogen and oxygen atoms in total. The van der Waals surface area contributed by atoms with Crippen molar-refractivity contribution in [3.8, 4) is 0 Å². The van der Waals surface area contributed by atoms with Crippen LogP contribution in [0.1, 0.15) is 13.3 Å². The molecule has 0 amide bonds. The van der Waals surface area contributed by atoms with Crippen LogP contribution < -0.4 is 5.73 Å². The summed E-state index contributed by atoms with van der Waals surface area (Å²) in [6, 6.07) is 0. The van der Waals surface area contributed by atoms with Gasteiger partial charge in [0, 0.05) is 11.6 Å². The van der Waals surface area contributed by atoms with Crippen molar-refractivity contribution >= 4 is 5.97 Å². The van der Waals surface area contributed by atoms with E-state index >= 15 is 0 Å². The number of hydrogen-bond acceptors (Lipinski definition) is 2. The molecule has 0 saturated heterocycles. The molecule has 0 radical (unpaired) electrons. The molecule has 0 aliphatic rings. The average Bonchev–Trinajstić information content (AvgIpc) is 1.63. The fraction of sp³-hybridized carbons (Fsp3) is 0.500. The van der Waals surface area contributed by atoms with Crippen molar-refractivity contribution in [3.63, 3.8) is 0 Å². The zero-order valence-electron chi connectivity index (χ0n) is 5.42. The highest BCUT2D eigenvalue weighted by molar-refractivity contribution is 5.67. The van der Waals surface area contributed by atoms with Crippen LogP contribution in [0.2, 0.25) is 0 Å². The highest BCUT2D eigenvalue weighted by atomic mass is 16.4. The second-order valence-electron chi connectivity index (χ2n) is 2.07. The number of nitrogens with two attached hydrogens (primary N) is 1. The Morgan fingerprint density at radius 3 is 2.44 bits per heavy atom. The van der Waals surface area contributed by atoms with Crippen LogP contribution in [0.4, 0.5) is 0 Å². The van der Waals surface area contributed by atoms with Crippen LogP contribution >= 0.6 is 0 Å². The Labute approximate surface area is 54.2 Å². The third-order valence-electron chi connectivity index (χ3n) is 1.11. The molecule has 9 heavy (non-hydrogen) atoms. The zero-order chi connectivity index (χ0) is 7.44. The van der Waals surface area contributed by atoms with Gasteiger partial charge < -0.3 is 10.8 Å². The molecule has 0 aromatic heterocycles. The molecule has 0 heterocycles. The quantitative estimate of drug-likeness (QED) is 0.585. The summed E-state index contributed by atoms with van der Waals surface area (Å²) in [5, 5.41) is 8.24.